The predicted molar refractivity (Wildman–Crippen MR) is 97.3 cm³/mol. The van der Waals surface area contributed by atoms with Crippen molar-refractivity contribution in [2.75, 3.05) is 0 Å². The Balaban J connectivity index is 1.88. The number of phenols is 1. The number of fused-ring (bicyclic) bond motifs is 1. The third-order valence-electron chi connectivity index (χ3n) is 3.67. The monoisotopic (exact) mass is 354 g/mol. The van der Waals surface area contributed by atoms with Crippen LogP contribution < -0.4 is 5.56 Å². The summed E-state index contributed by atoms with van der Waals surface area (Å²) in [5.74, 6) is 0.104. The summed E-state index contributed by atoms with van der Waals surface area (Å²) in [6, 6.07) is 15.9. The van der Waals surface area contributed by atoms with Crippen LogP contribution in [0.1, 0.15) is 0 Å². The van der Waals surface area contributed by atoms with E-state index < -0.39 is 0 Å². The topological polar surface area (TPSA) is 55.1 Å². The van der Waals surface area contributed by atoms with Gasteiger partial charge < -0.3 is 5.11 Å². The van der Waals surface area contributed by atoms with E-state index in [4.69, 9.17) is 11.6 Å². The molecule has 2 aromatic heterocycles. The maximum absolute atomic E-state index is 12.8. The molecule has 4 rings (SSSR count). The average Bonchev–Trinajstić information content (AvgIpc) is 3.01. The molecule has 118 valence electrons. The fourth-order valence-corrected chi connectivity index (χ4v) is 3.67. The van der Waals surface area contributed by atoms with Crippen LogP contribution in [0.25, 0.3) is 26.3 Å². The Morgan fingerprint density at radius 3 is 2.62 bits per heavy atom. The summed E-state index contributed by atoms with van der Waals surface area (Å²) < 4.78 is 2.01. The maximum Gasteiger partial charge on any atom is 0.275 e. The molecule has 0 aliphatic carbocycles. The van der Waals surface area contributed by atoms with Gasteiger partial charge in [0.25, 0.3) is 5.56 Å². The Morgan fingerprint density at radius 1 is 1.08 bits per heavy atom. The van der Waals surface area contributed by atoms with Crippen molar-refractivity contribution < 1.29 is 5.11 Å². The minimum atomic E-state index is -0.157. The van der Waals surface area contributed by atoms with Crippen LogP contribution in [0, 0.1) is 0 Å². The van der Waals surface area contributed by atoms with Gasteiger partial charge in [-0.15, -0.1) is 11.3 Å². The molecule has 0 bridgehead atoms. The van der Waals surface area contributed by atoms with Gasteiger partial charge in [0.1, 0.15) is 16.8 Å². The zero-order valence-corrected chi connectivity index (χ0v) is 13.9. The summed E-state index contributed by atoms with van der Waals surface area (Å²) in [5, 5.41) is 10.3. The van der Waals surface area contributed by atoms with Crippen molar-refractivity contribution in [3.63, 3.8) is 0 Å². The van der Waals surface area contributed by atoms with E-state index in [0.717, 1.165) is 10.4 Å². The number of hydrogen-bond donors (Lipinski definition) is 1. The Bertz CT molecular complexity index is 1100. The third-order valence-corrected chi connectivity index (χ3v) is 5.09. The van der Waals surface area contributed by atoms with E-state index in [1.54, 1.807) is 18.2 Å². The van der Waals surface area contributed by atoms with Crippen LogP contribution in [0.5, 0.6) is 5.75 Å². The van der Waals surface area contributed by atoms with Gasteiger partial charge in [-0.2, -0.15) is 0 Å². The molecule has 2 heterocycles. The number of aromatic nitrogens is 2. The molecule has 0 saturated heterocycles. The molecule has 0 fully saturated rings. The molecule has 0 aliphatic rings. The van der Waals surface area contributed by atoms with Crippen LogP contribution >= 0.6 is 22.9 Å². The fourth-order valence-electron chi connectivity index (χ4n) is 2.50. The van der Waals surface area contributed by atoms with Crippen molar-refractivity contribution in [3.05, 3.63) is 76.3 Å². The fraction of sp³-hybridized carbons (Fsp3) is 0. The minimum absolute atomic E-state index is 0.104. The molecule has 0 radical (unpaired) electrons. The number of thiophene rings is 1. The summed E-state index contributed by atoms with van der Waals surface area (Å²) in [6.45, 7) is 0. The molecular formula is C18H11ClN2O2S. The van der Waals surface area contributed by atoms with E-state index in [-0.39, 0.29) is 11.3 Å². The summed E-state index contributed by atoms with van der Waals surface area (Å²) in [4.78, 5) is 18.1. The van der Waals surface area contributed by atoms with E-state index in [9.17, 15) is 9.90 Å². The molecular weight excluding hydrogens is 344 g/mol. The van der Waals surface area contributed by atoms with E-state index in [0.29, 0.717) is 20.9 Å². The molecule has 6 heteroatoms. The normalized spacial score (nSPS) is 11.0. The van der Waals surface area contributed by atoms with Gasteiger partial charge in [0.2, 0.25) is 0 Å². The van der Waals surface area contributed by atoms with Gasteiger partial charge >= 0.3 is 0 Å². The molecule has 0 unspecified atom stereocenters. The quantitative estimate of drug-likeness (QED) is 0.577. The van der Waals surface area contributed by atoms with Crippen LogP contribution in [0.2, 0.25) is 5.02 Å². The van der Waals surface area contributed by atoms with Crippen LogP contribution in [-0.2, 0) is 0 Å². The second-order valence-electron chi connectivity index (χ2n) is 5.27. The third kappa shape index (κ3) is 2.58. The molecule has 0 spiro atoms. The number of rotatable bonds is 2. The van der Waals surface area contributed by atoms with Crippen molar-refractivity contribution in [1.82, 2.24) is 9.55 Å². The van der Waals surface area contributed by atoms with Gasteiger partial charge in [-0.3, -0.25) is 9.36 Å². The molecule has 1 N–H and O–H groups in total. The van der Waals surface area contributed by atoms with Gasteiger partial charge in [-0.05, 0) is 35.9 Å². The first-order valence-corrected chi connectivity index (χ1v) is 8.38. The first-order valence-electron chi connectivity index (χ1n) is 7.18. The number of nitrogens with zero attached hydrogens (tertiary/aromatic N) is 2. The highest BCUT2D eigenvalue weighted by molar-refractivity contribution is 7.22. The number of benzene rings is 2. The number of hydrogen-bond acceptors (Lipinski definition) is 4. The molecule has 0 saturated carbocycles. The van der Waals surface area contributed by atoms with Gasteiger partial charge in [0.05, 0.1) is 11.2 Å². The first kappa shape index (κ1) is 14.9. The molecule has 2 aromatic carbocycles. The van der Waals surface area contributed by atoms with E-state index in [1.165, 1.54) is 28.3 Å². The smallest absolute Gasteiger partial charge is 0.275 e. The van der Waals surface area contributed by atoms with Crippen molar-refractivity contribution in [3.8, 4) is 21.9 Å². The summed E-state index contributed by atoms with van der Waals surface area (Å²) in [5.41, 5.74) is 2.07. The standard InChI is InChI=1S/C18H11ClN2O2S/c19-12-6-4-11(5-7-12)16-9-15-17(24-16)18(23)21(10-20-15)13-2-1-3-14(22)8-13/h1-10,22H. The van der Waals surface area contributed by atoms with Gasteiger partial charge in [0, 0.05) is 16.0 Å². The van der Waals surface area contributed by atoms with Crippen molar-refractivity contribution >= 4 is 33.2 Å². The van der Waals surface area contributed by atoms with Gasteiger partial charge in [-0.25, -0.2) is 4.98 Å². The Labute approximate surface area is 146 Å². The van der Waals surface area contributed by atoms with E-state index in [1.807, 2.05) is 30.3 Å². The lowest BCUT2D eigenvalue weighted by atomic mass is 10.2. The second kappa shape index (κ2) is 5.78. The van der Waals surface area contributed by atoms with Crippen LogP contribution in [0.15, 0.2) is 65.7 Å². The zero-order chi connectivity index (χ0) is 16.7. The van der Waals surface area contributed by atoms with Crippen LogP contribution in [-0.4, -0.2) is 14.7 Å². The largest absolute Gasteiger partial charge is 0.508 e. The van der Waals surface area contributed by atoms with Gasteiger partial charge in [0.15, 0.2) is 0 Å². The number of aromatic hydroxyl groups is 1. The Kier molecular flexibility index (Phi) is 3.59. The van der Waals surface area contributed by atoms with Crippen molar-refractivity contribution in [2.45, 2.75) is 0 Å². The minimum Gasteiger partial charge on any atom is -0.508 e. The lowest BCUT2D eigenvalue weighted by molar-refractivity contribution is 0.475. The lowest BCUT2D eigenvalue weighted by Gasteiger charge is -2.04. The average molecular weight is 355 g/mol. The van der Waals surface area contributed by atoms with E-state index in [2.05, 4.69) is 4.98 Å². The lowest BCUT2D eigenvalue weighted by Crippen LogP contribution is -2.17. The summed E-state index contributed by atoms with van der Waals surface area (Å²) >= 11 is 7.32. The van der Waals surface area contributed by atoms with Crippen LogP contribution in [0.4, 0.5) is 0 Å². The van der Waals surface area contributed by atoms with Gasteiger partial charge in [-0.1, -0.05) is 29.8 Å². The Hall–Kier alpha value is -2.63. The summed E-state index contributed by atoms with van der Waals surface area (Å²) in [7, 11) is 0. The first-order chi connectivity index (χ1) is 11.6. The highest BCUT2D eigenvalue weighted by Crippen LogP contribution is 2.31. The number of phenolic OH excluding ortho intramolecular Hbond substituents is 1. The highest BCUT2D eigenvalue weighted by atomic mass is 35.5. The highest BCUT2D eigenvalue weighted by Gasteiger charge is 2.11. The number of halogens is 1. The zero-order valence-electron chi connectivity index (χ0n) is 12.3. The van der Waals surface area contributed by atoms with Crippen LogP contribution in [0.3, 0.4) is 0 Å². The molecule has 0 aliphatic heterocycles. The van der Waals surface area contributed by atoms with E-state index >= 15 is 0 Å². The predicted octanol–water partition coefficient (Wildman–Crippen LogP) is 4.47. The maximum atomic E-state index is 12.8. The second-order valence-corrected chi connectivity index (χ2v) is 6.76. The van der Waals surface area contributed by atoms with Crippen molar-refractivity contribution in [1.29, 1.82) is 0 Å². The SMILES string of the molecule is O=c1c2sc(-c3ccc(Cl)cc3)cc2ncn1-c1cccc(O)c1. The summed E-state index contributed by atoms with van der Waals surface area (Å²) in [6.07, 6.45) is 1.48. The molecule has 4 nitrogen and oxygen atoms in total. The Morgan fingerprint density at radius 2 is 1.88 bits per heavy atom. The molecule has 4 aromatic rings. The molecule has 0 amide bonds. The van der Waals surface area contributed by atoms with Crippen molar-refractivity contribution in [2.24, 2.45) is 0 Å². The molecule has 24 heavy (non-hydrogen) atoms. The molecule has 0 atom stereocenters.